The summed E-state index contributed by atoms with van der Waals surface area (Å²) in [4.78, 5) is 13.2. The minimum atomic E-state index is -0.949. The number of halogens is 1. The molecule has 0 amide bonds. The summed E-state index contributed by atoms with van der Waals surface area (Å²) in [5.74, 6) is -1.32. The van der Waals surface area contributed by atoms with Gasteiger partial charge in [-0.2, -0.15) is 0 Å². The summed E-state index contributed by atoms with van der Waals surface area (Å²) in [6.07, 6.45) is 0. The summed E-state index contributed by atoms with van der Waals surface area (Å²) >= 11 is 0. The van der Waals surface area contributed by atoms with Crippen molar-refractivity contribution in [2.75, 3.05) is 7.05 Å². The summed E-state index contributed by atoms with van der Waals surface area (Å²) in [5.41, 5.74) is 1.60. The number of hydrogen-bond acceptors (Lipinski definition) is 2. The van der Waals surface area contributed by atoms with E-state index in [0.717, 1.165) is 5.56 Å². The summed E-state index contributed by atoms with van der Waals surface area (Å²) in [7, 11) is 1.75. The highest BCUT2D eigenvalue weighted by Crippen LogP contribution is 2.22. The van der Waals surface area contributed by atoms with E-state index in [4.69, 9.17) is 0 Å². The number of nitrogens with zero attached hydrogens (tertiary/aromatic N) is 1. The standard InChI is InChI=1S/C16H16FNO2/c1-18(11-12-5-3-2-4-6-12)15(16(19)20)13-7-9-14(17)10-8-13/h2-10,15H,11H2,1H3,(H,19,20). The summed E-state index contributed by atoms with van der Waals surface area (Å²) in [6.45, 7) is 0.509. The van der Waals surface area contributed by atoms with Crippen molar-refractivity contribution in [3.63, 3.8) is 0 Å². The molecular weight excluding hydrogens is 257 g/mol. The third kappa shape index (κ3) is 3.42. The van der Waals surface area contributed by atoms with Crippen LogP contribution in [-0.4, -0.2) is 23.0 Å². The first kappa shape index (κ1) is 14.2. The molecule has 1 unspecified atom stereocenters. The lowest BCUT2D eigenvalue weighted by Crippen LogP contribution is -2.30. The average Bonchev–Trinajstić information content (AvgIpc) is 2.42. The molecule has 0 aromatic heterocycles. The van der Waals surface area contributed by atoms with Crippen molar-refractivity contribution in [3.05, 3.63) is 71.5 Å². The van der Waals surface area contributed by atoms with Crippen LogP contribution in [0.5, 0.6) is 0 Å². The normalized spacial score (nSPS) is 12.3. The lowest BCUT2D eigenvalue weighted by atomic mass is 10.0. The minimum Gasteiger partial charge on any atom is -0.480 e. The molecule has 2 aromatic rings. The maximum Gasteiger partial charge on any atom is 0.325 e. The Bertz CT molecular complexity index is 569. The first-order chi connectivity index (χ1) is 9.58. The number of benzene rings is 2. The second kappa shape index (κ2) is 6.30. The van der Waals surface area contributed by atoms with Crippen LogP contribution in [0.25, 0.3) is 0 Å². The van der Waals surface area contributed by atoms with Gasteiger partial charge in [-0.05, 0) is 30.3 Å². The van der Waals surface area contributed by atoms with E-state index in [1.807, 2.05) is 30.3 Å². The van der Waals surface area contributed by atoms with Gasteiger partial charge < -0.3 is 5.11 Å². The van der Waals surface area contributed by atoms with Gasteiger partial charge in [0, 0.05) is 6.54 Å². The second-order valence-electron chi connectivity index (χ2n) is 4.69. The number of rotatable bonds is 5. The predicted molar refractivity (Wildman–Crippen MR) is 74.7 cm³/mol. The summed E-state index contributed by atoms with van der Waals surface area (Å²) in [6, 6.07) is 14.4. The SMILES string of the molecule is CN(Cc1ccccc1)C(C(=O)O)c1ccc(F)cc1. The number of carboxylic acids is 1. The molecular formula is C16H16FNO2. The Morgan fingerprint density at radius 1 is 1.15 bits per heavy atom. The van der Waals surface area contributed by atoms with E-state index in [2.05, 4.69) is 0 Å². The smallest absolute Gasteiger partial charge is 0.325 e. The molecule has 20 heavy (non-hydrogen) atoms. The molecule has 0 spiro atoms. The van der Waals surface area contributed by atoms with E-state index >= 15 is 0 Å². The van der Waals surface area contributed by atoms with Crippen molar-refractivity contribution in [2.24, 2.45) is 0 Å². The highest BCUT2D eigenvalue weighted by Gasteiger charge is 2.24. The van der Waals surface area contributed by atoms with Gasteiger partial charge in [-0.25, -0.2) is 4.39 Å². The zero-order chi connectivity index (χ0) is 14.5. The Morgan fingerprint density at radius 2 is 1.75 bits per heavy atom. The molecule has 2 rings (SSSR count). The number of hydrogen-bond donors (Lipinski definition) is 1. The molecule has 1 atom stereocenters. The maximum atomic E-state index is 12.9. The van der Waals surface area contributed by atoms with Crippen LogP contribution in [-0.2, 0) is 11.3 Å². The highest BCUT2D eigenvalue weighted by molar-refractivity contribution is 5.75. The molecule has 0 aliphatic rings. The van der Waals surface area contributed by atoms with Crippen molar-refractivity contribution in [1.29, 1.82) is 0 Å². The zero-order valence-electron chi connectivity index (χ0n) is 11.2. The molecule has 0 saturated carbocycles. The summed E-state index contributed by atoms with van der Waals surface area (Å²) < 4.78 is 12.9. The van der Waals surface area contributed by atoms with Gasteiger partial charge >= 0.3 is 5.97 Å². The molecule has 0 saturated heterocycles. The van der Waals surface area contributed by atoms with Crippen LogP contribution in [0.4, 0.5) is 4.39 Å². The molecule has 0 aliphatic carbocycles. The van der Waals surface area contributed by atoms with Crippen molar-refractivity contribution < 1.29 is 14.3 Å². The first-order valence-corrected chi connectivity index (χ1v) is 6.30. The molecule has 104 valence electrons. The van der Waals surface area contributed by atoms with Gasteiger partial charge in [-0.1, -0.05) is 42.5 Å². The molecule has 4 heteroatoms. The fraction of sp³-hybridized carbons (Fsp3) is 0.188. The van der Waals surface area contributed by atoms with Gasteiger partial charge in [-0.15, -0.1) is 0 Å². The van der Waals surface area contributed by atoms with E-state index < -0.39 is 12.0 Å². The van der Waals surface area contributed by atoms with Gasteiger partial charge in [-0.3, -0.25) is 9.69 Å². The Morgan fingerprint density at radius 3 is 2.30 bits per heavy atom. The summed E-state index contributed by atoms with van der Waals surface area (Å²) in [5, 5.41) is 9.41. The number of likely N-dealkylation sites (N-methyl/N-ethyl adjacent to an activating group) is 1. The van der Waals surface area contributed by atoms with Gasteiger partial charge in [0.2, 0.25) is 0 Å². The van der Waals surface area contributed by atoms with Crippen molar-refractivity contribution in [1.82, 2.24) is 4.90 Å². The average molecular weight is 273 g/mol. The quantitative estimate of drug-likeness (QED) is 0.910. The minimum absolute atomic E-state index is 0.372. The lowest BCUT2D eigenvalue weighted by molar-refractivity contribution is -0.143. The highest BCUT2D eigenvalue weighted by atomic mass is 19.1. The number of carbonyl (C=O) groups is 1. The molecule has 0 aliphatic heterocycles. The molecule has 0 bridgehead atoms. The fourth-order valence-corrected chi connectivity index (χ4v) is 2.19. The number of carboxylic acid groups (broad SMARTS) is 1. The van der Waals surface area contributed by atoms with Gasteiger partial charge in [0.05, 0.1) is 0 Å². The number of aliphatic carboxylic acids is 1. The molecule has 0 heterocycles. The van der Waals surface area contributed by atoms with Crippen LogP contribution in [0.1, 0.15) is 17.2 Å². The Kier molecular flexibility index (Phi) is 4.48. The van der Waals surface area contributed by atoms with Crippen LogP contribution in [0.2, 0.25) is 0 Å². The van der Waals surface area contributed by atoms with E-state index in [-0.39, 0.29) is 5.82 Å². The van der Waals surface area contributed by atoms with Crippen molar-refractivity contribution >= 4 is 5.97 Å². The van der Waals surface area contributed by atoms with Crippen LogP contribution < -0.4 is 0 Å². The Hall–Kier alpha value is -2.20. The molecule has 0 radical (unpaired) electrons. The van der Waals surface area contributed by atoms with Gasteiger partial charge in [0.1, 0.15) is 11.9 Å². The van der Waals surface area contributed by atoms with Crippen LogP contribution >= 0.6 is 0 Å². The Balaban J connectivity index is 2.20. The van der Waals surface area contributed by atoms with Crippen molar-refractivity contribution in [3.8, 4) is 0 Å². The molecule has 0 fully saturated rings. The lowest BCUT2D eigenvalue weighted by Gasteiger charge is -2.25. The molecule has 3 nitrogen and oxygen atoms in total. The first-order valence-electron chi connectivity index (χ1n) is 6.30. The maximum absolute atomic E-state index is 12.9. The fourth-order valence-electron chi connectivity index (χ4n) is 2.19. The monoisotopic (exact) mass is 273 g/mol. The molecule has 2 aromatic carbocycles. The van der Waals surface area contributed by atoms with E-state index in [0.29, 0.717) is 12.1 Å². The molecule has 1 N–H and O–H groups in total. The van der Waals surface area contributed by atoms with Gasteiger partial charge in [0.15, 0.2) is 0 Å². The van der Waals surface area contributed by atoms with Crippen LogP contribution in [0, 0.1) is 5.82 Å². The Labute approximate surface area is 117 Å². The third-order valence-corrected chi connectivity index (χ3v) is 3.14. The van der Waals surface area contributed by atoms with Gasteiger partial charge in [0.25, 0.3) is 0 Å². The largest absolute Gasteiger partial charge is 0.480 e. The van der Waals surface area contributed by atoms with E-state index in [1.54, 1.807) is 11.9 Å². The van der Waals surface area contributed by atoms with Crippen molar-refractivity contribution in [2.45, 2.75) is 12.6 Å². The topological polar surface area (TPSA) is 40.5 Å². The third-order valence-electron chi connectivity index (χ3n) is 3.14. The zero-order valence-corrected chi connectivity index (χ0v) is 11.2. The van der Waals surface area contributed by atoms with Crippen LogP contribution in [0.15, 0.2) is 54.6 Å². The van der Waals surface area contributed by atoms with Crippen LogP contribution in [0.3, 0.4) is 0 Å². The van der Waals surface area contributed by atoms with E-state index in [9.17, 15) is 14.3 Å². The second-order valence-corrected chi connectivity index (χ2v) is 4.69. The van der Waals surface area contributed by atoms with E-state index in [1.165, 1.54) is 24.3 Å². The predicted octanol–water partition coefficient (Wildman–Crippen LogP) is 3.08.